The van der Waals surface area contributed by atoms with E-state index in [0.717, 1.165) is 43.2 Å². The van der Waals surface area contributed by atoms with Crippen molar-refractivity contribution >= 4 is 50.9 Å². The molecular formula is C29H33I2NO5. The molecule has 0 atom stereocenters. The Kier molecular flexibility index (Phi) is 9.87. The summed E-state index contributed by atoms with van der Waals surface area (Å²) in [4.78, 5) is 0. The molecule has 6 rings (SSSR count). The number of hydrogen-bond acceptors (Lipinski definition) is 6. The zero-order valence-corrected chi connectivity index (χ0v) is 25.7. The van der Waals surface area contributed by atoms with E-state index in [1.54, 1.807) is 0 Å². The van der Waals surface area contributed by atoms with Crippen LogP contribution in [0.2, 0.25) is 0 Å². The molecule has 198 valence electrons. The van der Waals surface area contributed by atoms with Crippen molar-refractivity contribution in [1.29, 1.82) is 0 Å². The van der Waals surface area contributed by atoms with E-state index in [4.69, 9.17) is 30.2 Å². The van der Waals surface area contributed by atoms with Gasteiger partial charge in [0, 0.05) is 12.8 Å². The van der Waals surface area contributed by atoms with Crippen LogP contribution in [0.3, 0.4) is 0 Å². The molecule has 3 aliphatic rings. The van der Waals surface area contributed by atoms with Crippen molar-refractivity contribution in [2.45, 2.75) is 73.6 Å². The second-order valence-electron chi connectivity index (χ2n) is 9.44. The number of aliphatic hydroxyl groups excluding tert-OH is 2. The molecule has 4 N–H and O–H groups in total. The van der Waals surface area contributed by atoms with Crippen molar-refractivity contribution in [3.8, 4) is 0 Å². The number of fused-ring (bicyclic) bond motifs is 3. The minimum absolute atomic E-state index is 0.117. The Bertz CT molecular complexity index is 1240. The lowest BCUT2D eigenvalue weighted by molar-refractivity contribution is 0.134. The lowest BCUT2D eigenvalue weighted by atomic mass is 10.0. The molecule has 0 unspecified atom stereocenters. The Balaban J connectivity index is 0.000000130. The lowest BCUT2D eigenvalue weighted by Crippen LogP contribution is -1.98. The largest absolute Gasteiger partial charge is 0.399 e. The van der Waals surface area contributed by atoms with Crippen LogP contribution in [0.1, 0.15) is 61.2 Å². The van der Waals surface area contributed by atoms with Gasteiger partial charge >= 0.3 is 0 Å². The Hall–Kier alpha value is -1.28. The van der Waals surface area contributed by atoms with Crippen molar-refractivity contribution in [3.63, 3.8) is 0 Å². The molecule has 0 aliphatic carbocycles. The fourth-order valence-corrected chi connectivity index (χ4v) is 6.10. The van der Waals surface area contributed by atoms with Gasteiger partial charge in [0.2, 0.25) is 0 Å². The van der Waals surface area contributed by atoms with E-state index in [1.807, 2.05) is 19.1 Å². The van der Waals surface area contributed by atoms with E-state index in [-0.39, 0.29) is 13.2 Å². The fourth-order valence-electron chi connectivity index (χ4n) is 4.80. The Morgan fingerprint density at radius 3 is 1.49 bits per heavy atom. The van der Waals surface area contributed by atoms with Gasteiger partial charge in [0.25, 0.3) is 0 Å². The van der Waals surface area contributed by atoms with Gasteiger partial charge in [-0.05, 0) is 145 Å². The number of benzene rings is 3. The highest BCUT2D eigenvalue weighted by molar-refractivity contribution is 14.1. The summed E-state index contributed by atoms with van der Waals surface area (Å²) in [6, 6.07) is 8.10. The number of rotatable bonds is 2. The van der Waals surface area contributed by atoms with Gasteiger partial charge in [-0.25, -0.2) is 0 Å². The zero-order chi connectivity index (χ0) is 26.7. The third kappa shape index (κ3) is 6.15. The highest BCUT2D eigenvalue weighted by Gasteiger charge is 2.19. The van der Waals surface area contributed by atoms with Crippen LogP contribution in [0.4, 0.5) is 5.69 Å². The van der Waals surface area contributed by atoms with Crippen molar-refractivity contribution in [2.24, 2.45) is 0 Å². The van der Waals surface area contributed by atoms with Crippen molar-refractivity contribution in [2.75, 3.05) is 5.73 Å². The minimum Gasteiger partial charge on any atom is -0.399 e. The average Bonchev–Trinajstić information content (AvgIpc) is 3.67. The van der Waals surface area contributed by atoms with Crippen LogP contribution in [0.5, 0.6) is 0 Å². The molecule has 0 bridgehead atoms. The molecule has 0 amide bonds. The van der Waals surface area contributed by atoms with Gasteiger partial charge < -0.3 is 30.2 Å². The summed E-state index contributed by atoms with van der Waals surface area (Å²) >= 11 is 4.57. The van der Waals surface area contributed by atoms with E-state index >= 15 is 0 Å². The molecule has 0 saturated carbocycles. The van der Waals surface area contributed by atoms with E-state index in [9.17, 15) is 0 Å². The summed E-state index contributed by atoms with van der Waals surface area (Å²) in [7, 11) is 0. The maximum absolute atomic E-state index is 9.13. The van der Waals surface area contributed by atoms with Crippen molar-refractivity contribution in [1.82, 2.24) is 0 Å². The summed E-state index contributed by atoms with van der Waals surface area (Å²) in [6.07, 6.45) is 0. The molecule has 0 spiro atoms. The van der Waals surface area contributed by atoms with Crippen LogP contribution in [0.15, 0.2) is 24.3 Å². The summed E-state index contributed by atoms with van der Waals surface area (Å²) < 4.78 is 18.4. The molecule has 3 aromatic rings. The highest BCUT2D eigenvalue weighted by atomic mass is 127. The summed E-state index contributed by atoms with van der Waals surface area (Å²) in [6.45, 7) is 10.8. The molecule has 3 heterocycles. The first kappa shape index (κ1) is 28.7. The number of aliphatic hydroxyl groups is 2. The van der Waals surface area contributed by atoms with Crippen LogP contribution < -0.4 is 5.73 Å². The van der Waals surface area contributed by atoms with Crippen LogP contribution in [-0.4, -0.2) is 10.2 Å². The van der Waals surface area contributed by atoms with Gasteiger partial charge in [-0.2, -0.15) is 0 Å². The number of hydrogen-bond donors (Lipinski definition) is 3. The van der Waals surface area contributed by atoms with Gasteiger partial charge in [0.1, 0.15) is 0 Å². The third-order valence-electron chi connectivity index (χ3n) is 7.19. The van der Waals surface area contributed by atoms with Gasteiger partial charge in [-0.15, -0.1) is 0 Å². The first-order valence-corrected chi connectivity index (χ1v) is 14.3. The van der Waals surface area contributed by atoms with E-state index in [1.165, 1.54) is 57.2 Å². The number of nitrogen functional groups attached to an aromatic ring is 1. The third-order valence-corrected chi connectivity index (χ3v) is 10.2. The number of ether oxygens (including phenoxy) is 3. The molecule has 0 saturated heterocycles. The van der Waals surface area contributed by atoms with Crippen LogP contribution in [0.25, 0.3) is 0 Å². The predicted octanol–water partition coefficient (Wildman–Crippen LogP) is 5.85. The van der Waals surface area contributed by atoms with Crippen LogP contribution in [-0.2, 0) is 67.1 Å². The van der Waals surface area contributed by atoms with E-state index < -0.39 is 0 Å². The Labute approximate surface area is 245 Å². The lowest BCUT2D eigenvalue weighted by Gasteiger charge is -2.09. The first-order valence-electron chi connectivity index (χ1n) is 12.2. The van der Waals surface area contributed by atoms with Gasteiger partial charge in [-0.3, -0.25) is 0 Å². The number of nitrogens with two attached hydrogens (primary N) is 1. The number of anilines is 1. The highest BCUT2D eigenvalue weighted by Crippen LogP contribution is 2.31. The predicted molar refractivity (Wildman–Crippen MR) is 161 cm³/mol. The fraction of sp³-hybridized carbons (Fsp3) is 0.379. The van der Waals surface area contributed by atoms with Crippen LogP contribution in [0, 0.1) is 27.9 Å². The quantitative estimate of drug-likeness (QED) is 0.227. The molecule has 8 heteroatoms. The molecule has 0 radical (unpaired) electrons. The number of halogens is 2. The molecule has 37 heavy (non-hydrogen) atoms. The zero-order valence-electron chi connectivity index (χ0n) is 21.4. The first-order chi connectivity index (χ1) is 17.8. The molecule has 3 aromatic carbocycles. The SMILES string of the molecule is Cc1c(I)c(CO)cc2c1COC2.Cc1c(I)c(CO)cc2c1COC2.Cc1c(N)ccc2c1COC2. The summed E-state index contributed by atoms with van der Waals surface area (Å²) in [5.41, 5.74) is 20.0. The molecular weight excluding hydrogens is 696 g/mol. The molecule has 6 nitrogen and oxygen atoms in total. The van der Waals surface area contributed by atoms with Gasteiger partial charge in [0.05, 0.1) is 52.9 Å². The molecule has 0 aromatic heterocycles. The topological polar surface area (TPSA) is 94.2 Å². The smallest absolute Gasteiger partial charge is 0.0728 e. The van der Waals surface area contributed by atoms with E-state index in [2.05, 4.69) is 71.2 Å². The molecule has 3 aliphatic heterocycles. The van der Waals surface area contributed by atoms with Gasteiger partial charge in [0.15, 0.2) is 0 Å². The van der Waals surface area contributed by atoms with Gasteiger partial charge in [-0.1, -0.05) is 6.07 Å². The average molecular weight is 729 g/mol. The normalized spacial score (nSPS) is 14.8. The monoisotopic (exact) mass is 729 g/mol. The maximum atomic E-state index is 9.13. The van der Waals surface area contributed by atoms with Crippen molar-refractivity contribution in [3.05, 3.63) is 92.6 Å². The molecule has 0 fully saturated rings. The maximum Gasteiger partial charge on any atom is 0.0728 e. The standard InChI is InChI=1S/2C10H11IO2.C9H11NO/c2*1-6-9-5-13-4-8(9)2-7(3-12)10(6)11;1-6-8-5-11-4-7(8)2-3-9(6)10/h2*2,12H,3-5H2,1H3;2-3H,4-5,10H2,1H3. The summed E-state index contributed by atoms with van der Waals surface area (Å²) in [5.74, 6) is 0. The second-order valence-corrected chi connectivity index (χ2v) is 11.6. The second kappa shape index (κ2) is 12.7. The Morgan fingerprint density at radius 2 is 1.05 bits per heavy atom. The Morgan fingerprint density at radius 1 is 0.649 bits per heavy atom. The minimum atomic E-state index is 0.117. The summed E-state index contributed by atoms with van der Waals surface area (Å²) in [5, 5.41) is 18.3. The van der Waals surface area contributed by atoms with E-state index in [0.29, 0.717) is 13.2 Å². The van der Waals surface area contributed by atoms with Crippen molar-refractivity contribution < 1.29 is 24.4 Å². The van der Waals surface area contributed by atoms with Crippen LogP contribution >= 0.6 is 45.2 Å².